The number of nitrogens with one attached hydrogen (secondary N) is 1. The van der Waals surface area contributed by atoms with Crippen LogP contribution in [0.15, 0.2) is 12.2 Å². The van der Waals surface area contributed by atoms with Gasteiger partial charge >= 0.3 is 0 Å². The second-order valence-corrected chi connectivity index (χ2v) is 25.9. The Morgan fingerprint density at radius 1 is 0.453 bits per heavy atom. The fourth-order valence-corrected chi connectivity index (χ4v) is 11.2. The zero-order valence-corrected chi connectivity index (χ0v) is 52.2. The van der Waals surface area contributed by atoms with Gasteiger partial charge in [-0.1, -0.05) is 321 Å². The minimum absolute atomic E-state index is 0.0158. The topological polar surface area (TPSA) is 108 Å². The van der Waals surface area contributed by atoms with Gasteiger partial charge < -0.3 is 28.8 Å². The number of allylic oxidation sites excluding steroid dienone is 2. The number of rotatable bonds is 63. The summed E-state index contributed by atoms with van der Waals surface area (Å²) >= 11 is 0. The molecule has 0 saturated carbocycles. The van der Waals surface area contributed by atoms with Crippen molar-refractivity contribution in [1.82, 2.24) is 5.32 Å². The summed E-state index contributed by atoms with van der Waals surface area (Å²) in [6.07, 6.45) is 73.1. The number of amides is 1. The van der Waals surface area contributed by atoms with Crippen LogP contribution in [-0.2, 0) is 18.4 Å². The lowest BCUT2D eigenvalue weighted by atomic mass is 10.0. The van der Waals surface area contributed by atoms with Crippen LogP contribution in [0.1, 0.15) is 354 Å². The molecule has 0 saturated heterocycles. The molecular formula is C66H133N2O6P. The predicted octanol–water partition coefficient (Wildman–Crippen LogP) is 20.3. The fourth-order valence-electron chi connectivity index (χ4n) is 10.5. The van der Waals surface area contributed by atoms with E-state index in [-0.39, 0.29) is 19.1 Å². The number of quaternary nitrogens is 1. The highest BCUT2D eigenvalue weighted by molar-refractivity contribution is 7.45. The largest absolute Gasteiger partial charge is 0.756 e. The van der Waals surface area contributed by atoms with Gasteiger partial charge in [0.15, 0.2) is 0 Å². The summed E-state index contributed by atoms with van der Waals surface area (Å²) in [5, 5.41) is 14.0. The fraction of sp³-hybridized carbons (Fsp3) is 0.955. The molecule has 3 unspecified atom stereocenters. The Bertz CT molecular complexity index is 1230. The number of carbonyl (C=O) groups excluding carboxylic acids is 1. The molecule has 448 valence electrons. The highest BCUT2D eigenvalue weighted by atomic mass is 31.2. The van der Waals surface area contributed by atoms with E-state index in [0.717, 1.165) is 38.5 Å². The van der Waals surface area contributed by atoms with Crippen LogP contribution in [0.4, 0.5) is 0 Å². The average Bonchev–Trinajstić information content (AvgIpc) is 3.37. The first-order valence-corrected chi connectivity index (χ1v) is 35.0. The number of aliphatic hydroxyl groups excluding tert-OH is 1. The Kier molecular flexibility index (Phi) is 57.3. The molecule has 8 nitrogen and oxygen atoms in total. The zero-order chi connectivity index (χ0) is 54.9. The lowest BCUT2D eigenvalue weighted by molar-refractivity contribution is -0.870. The number of phosphoric acid groups is 1. The molecule has 3 atom stereocenters. The Morgan fingerprint density at radius 2 is 0.733 bits per heavy atom. The van der Waals surface area contributed by atoms with Crippen molar-refractivity contribution in [1.29, 1.82) is 0 Å². The molecule has 0 aromatic carbocycles. The van der Waals surface area contributed by atoms with Crippen LogP contribution in [0.25, 0.3) is 0 Å². The van der Waals surface area contributed by atoms with E-state index in [0.29, 0.717) is 23.9 Å². The SMILES string of the molecule is CCCCCCCCCC/C=C\CCCCCCCCCCCCCCCCCCCCCCCCCCCCCCCC(=O)NC(COP(=O)([O-])OCC[N+](C)(C)C)C(O)CCCCCCCCCCCCCC. The van der Waals surface area contributed by atoms with Crippen molar-refractivity contribution >= 4 is 13.7 Å². The molecule has 1 amide bonds. The molecule has 0 aromatic rings. The second kappa shape index (κ2) is 57.9. The number of aliphatic hydroxyl groups is 1. The van der Waals surface area contributed by atoms with Crippen molar-refractivity contribution in [2.24, 2.45) is 0 Å². The number of carbonyl (C=O) groups is 1. The van der Waals surface area contributed by atoms with Crippen molar-refractivity contribution < 1.29 is 32.9 Å². The maximum atomic E-state index is 13.0. The van der Waals surface area contributed by atoms with E-state index in [2.05, 4.69) is 31.3 Å². The Balaban J connectivity index is 3.76. The molecule has 0 aliphatic carbocycles. The van der Waals surface area contributed by atoms with Gasteiger partial charge in [0.1, 0.15) is 13.2 Å². The summed E-state index contributed by atoms with van der Waals surface area (Å²) in [6, 6.07) is -0.795. The first-order chi connectivity index (χ1) is 36.5. The van der Waals surface area contributed by atoms with Crippen LogP contribution >= 0.6 is 7.82 Å². The number of hydrogen-bond acceptors (Lipinski definition) is 6. The van der Waals surface area contributed by atoms with Crippen molar-refractivity contribution in [2.45, 2.75) is 366 Å². The van der Waals surface area contributed by atoms with Crippen LogP contribution in [0, 0.1) is 0 Å². The third kappa shape index (κ3) is 60.7. The minimum Gasteiger partial charge on any atom is -0.756 e. The smallest absolute Gasteiger partial charge is 0.268 e. The number of nitrogens with zero attached hydrogens (tertiary/aromatic N) is 1. The summed E-state index contributed by atoms with van der Waals surface area (Å²) in [7, 11) is 1.32. The van der Waals surface area contributed by atoms with Crippen molar-refractivity contribution in [3.63, 3.8) is 0 Å². The first kappa shape index (κ1) is 74.2. The van der Waals surface area contributed by atoms with E-state index < -0.39 is 20.0 Å². The molecule has 0 aliphatic heterocycles. The molecule has 0 heterocycles. The standard InChI is InChI=1S/C66H133N2O6P/c1-6-8-10-12-14-16-18-20-21-22-23-24-25-26-27-28-29-30-31-32-33-34-35-36-37-38-39-40-41-42-43-44-45-46-47-48-50-52-54-56-58-60-66(70)67-64(63-74-75(71,72)73-62-61-68(3,4)5)65(69)59-57-55-53-51-49-19-17-15-13-11-9-7-2/h22-23,64-65,69H,6-21,24-63H2,1-5H3,(H-,67,70,71,72)/b23-22-. The van der Waals surface area contributed by atoms with E-state index in [1.807, 2.05) is 21.1 Å². The van der Waals surface area contributed by atoms with Gasteiger partial charge in [-0.05, 0) is 38.5 Å². The van der Waals surface area contributed by atoms with Gasteiger partial charge in [-0.2, -0.15) is 0 Å². The summed E-state index contributed by atoms with van der Waals surface area (Å²) < 4.78 is 23.4. The Hall–Kier alpha value is -0.760. The lowest BCUT2D eigenvalue weighted by Crippen LogP contribution is -2.46. The van der Waals surface area contributed by atoms with Crippen molar-refractivity contribution in [3.8, 4) is 0 Å². The van der Waals surface area contributed by atoms with Crippen molar-refractivity contribution in [3.05, 3.63) is 12.2 Å². The summed E-state index contributed by atoms with van der Waals surface area (Å²) in [6.45, 7) is 4.76. The highest BCUT2D eigenvalue weighted by Gasteiger charge is 2.24. The third-order valence-corrected chi connectivity index (χ3v) is 16.7. The first-order valence-electron chi connectivity index (χ1n) is 33.5. The average molecular weight is 1080 g/mol. The summed E-state index contributed by atoms with van der Waals surface area (Å²) in [5.41, 5.74) is 0. The lowest BCUT2D eigenvalue weighted by Gasteiger charge is -2.30. The number of likely N-dealkylation sites (N-methyl/N-ethyl adjacent to an activating group) is 1. The van der Waals surface area contributed by atoms with Crippen molar-refractivity contribution in [2.75, 3.05) is 40.9 Å². The van der Waals surface area contributed by atoms with E-state index in [4.69, 9.17) is 9.05 Å². The van der Waals surface area contributed by atoms with E-state index in [1.54, 1.807) is 0 Å². The van der Waals surface area contributed by atoms with Gasteiger partial charge in [0.2, 0.25) is 5.91 Å². The molecule has 0 radical (unpaired) electrons. The van der Waals surface area contributed by atoms with Gasteiger partial charge in [-0.25, -0.2) is 0 Å². The number of hydrogen-bond donors (Lipinski definition) is 2. The van der Waals surface area contributed by atoms with Gasteiger partial charge in [0.25, 0.3) is 7.82 Å². The van der Waals surface area contributed by atoms with E-state index in [1.165, 1.54) is 289 Å². The quantitative estimate of drug-likeness (QED) is 0.0272. The molecule has 0 fully saturated rings. The molecule has 9 heteroatoms. The van der Waals surface area contributed by atoms with Crippen LogP contribution in [0.2, 0.25) is 0 Å². The van der Waals surface area contributed by atoms with Gasteiger partial charge in [0, 0.05) is 6.42 Å². The number of unbranched alkanes of at least 4 members (excludes halogenated alkanes) is 48. The third-order valence-electron chi connectivity index (χ3n) is 15.8. The zero-order valence-electron chi connectivity index (χ0n) is 51.3. The number of phosphoric ester groups is 1. The molecule has 2 N–H and O–H groups in total. The summed E-state index contributed by atoms with van der Waals surface area (Å²) in [5.74, 6) is -0.158. The minimum atomic E-state index is -4.57. The highest BCUT2D eigenvalue weighted by Crippen LogP contribution is 2.38. The second-order valence-electron chi connectivity index (χ2n) is 24.5. The summed E-state index contributed by atoms with van der Waals surface area (Å²) in [4.78, 5) is 25.5. The molecule has 0 bridgehead atoms. The molecule has 0 rings (SSSR count). The van der Waals surface area contributed by atoms with Crippen LogP contribution < -0.4 is 10.2 Å². The predicted molar refractivity (Wildman–Crippen MR) is 326 cm³/mol. The molecule has 0 aromatic heterocycles. The van der Waals surface area contributed by atoms with E-state index in [9.17, 15) is 19.4 Å². The molecular weight excluding hydrogens is 948 g/mol. The molecule has 0 aliphatic rings. The van der Waals surface area contributed by atoms with Gasteiger partial charge in [-0.15, -0.1) is 0 Å². The van der Waals surface area contributed by atoms with E-state index >= 15 is 0 Å². The maximum Gasteiger partial charge on any atom is 0.268 e. The van der Waals surface area contributed by atoms with Crippen LogP contribution in [-0.4, -0.2) is 68.5 Å². The van der Waals surface area contributed by atoms with Crippen LogP contribution in [0.5, 0.6) is 0 Å². The monoisotopic (exact) mass is 1080 g/mol. The molecule has 75 heavy (non-hydrogen) atoms. The Labute approximate surface area is 469 Å². The maximum absolute atomic E-state index is 13.0. The van der Waals surface area contributed by atoms with Gasteiger partial charge in [-0.3, -0.25) is 9.36 Å². The molecule has 0 spiro atoms. The Morgan fingerprint density at radius 3 is 1.04 bits per heavy atom. The van der Waals surface area contributed by atoms with Gasteiger partial charge in [0.05, 0.1) is 39.9 Å². The van der Waals surface area contributed by atoms with Crippen LogP contribution in [0.3, 0.4) is 0 Å². The normalized spacial score (nSPS) is 13.7.